The van der Waals surface area contributed by atoms with Gasteiger partial charge >= 0.3 is 5.97 Å². The molecule has 43 heavy (non-hydrogen) atoms. The Bertz CT molecular complexity index is 1720. The highest BCUT2D eigenvalue weighted by molar-refractivity contribution is 6.30. The third-order valence-corrected chi connectivity index (χ3v) is 8.81. The predicted molar refractivity (Wildman–Crippen MR) is 158 cm³/mol. The van der Waals surface area contributed by atoms with Crippen LogP contribution in [-0.2, 0) is 17.1 Å². The van der Waals surface area contributed by atoms with Crippen molar-refractivity contribution >= 4 is 34.4 Å². The molecule has 2 aromatic carbocycles. The fraction of sp³-hybridized carbons (Fsp3) is 0.387. The Kier molecular flexibility index (Phi) is 6.91. The second kappa shape index (κ2) is 10.7. The number of nitrogens with zero attached hydrogens (tertiary/aromatic N) is 5. The first-order valence-electron chi connectivity index (χ1n) is 14.4. The molecule has 5 heterocycles. The number of hydrogen-bond acceptors (Lipinski definition) is 8. The number of anilines is 1. The molecule has 0 amide bonds. The van der Waals surface area contributed by atoms with E-state index < -0.39 is 17.6 Å². The highest BCUT2D eigenvalue weighted by Crippen LogP contribution is 2.50. The number of aromatic carboxylic acids is 1. The van der Waals surface area contributed by atoms with Crippen LogP contribution < -0.4 is 14.4 Å². The minimum Gasteiger partial charge on any atom is -0.477 e. The van der Waals surface area contributed by atoms with E-state index in [4.69, 9.17) is 30.8 Å². The molecule has 0 saturated carbocycles. The molecule has 2 unspecified atom stereocenters. The Balaban J connectivity index is 1.10. The Morgan fingerprint density at radius 1 is 1.14 bits per heavy atom. The van der Waals surface area contributed by atoms with Crippen LogP contribution in [0.1, 0.15) is 48.2 Å². The molecule has 12 heteroatoms. The SMILES string of the molecule is CC(c1nc2ccc(C(=O)O)nc2n1C[C@@H]1CCO1)N1CCN(c2cccc3c2OC(C)(c2ccc(Cl)cc2F)O3)CC1. The number of carbonyl (C=O) groups is 1. The van der Waals surface area contributed by atoms with E-state index in [-0.39, 0.29) is 23.4 Å². The standard InChI is InChI=1S/C31H31ClFN5O5/c1-18(28-34-23-8-9-24(30(39)40)35-29(23)38(28)17-20-10-15-41-20)36-11-13-37(14-12-36)25-4-3-5-26-27(25)43-31(2,42-26)21-7-6-19(32)16-22(21)33/h3-9,16,18,20H,10-15,17H2,1-2H3,(H,39,40)/t18?,20-,31?/m0/s1. The summed E-state index contributed by atoms with van der Waals surface area (Å²) in [6.45, 7) is 8.09. The van der Waals surface area contributed by atoms with Gasteiger partial charge < -0.3 is 28.8 Å². The maximum atomic E-state index is 14.8. The van der Waals surface area contributed by atoms with Gasteiger partial charge in [-0.3, -0.25) is 4.90 Å². The molecule has 7 rings (SSSR count). The molecule has 2 aromatic heterocycles. The van der Waals surface area contributed by atoms with E-state index in [0.29, 0.717) is 34.2 Å². The number of carboxylic acid groups (broad SMARTS) is 1. The van der Waals surface area contributed by atoms with E-state index in [2.05, 4.69) is 21.7 Å². The quantitative estimate of drug-likeness (QED) is 0.302. The van der Waals surface area contributed by atoms with Gasteiger partial charge in [0, 0.05) is 44.7 Å². The average molecular weight is 608 g/mol. The Labute approximate surface area is 252 Å². The van der Waals surface area contributed by atoms with E-state index in [1.54, 1.807) is 25.1 Å². The van der Waals surface area contributed by atoms with Crippen LogP contribution >= 0.6 is 11.6 Å². The highest BCUT2D eigenvalue weighted by atomic mass is 35.5. The van der Waals surface area contributed by atoms with Crippen molar-refractivity contribution in [3.8, 4) is 11.5 Å². The number of para-hydroxylation sites is 1. The summed E-state index contributed by atoms with van der Waals surface area (Å²) >= 11 is 5.97. The van der Waals surface area contributed by atoms with E-state index in [0.717, 1.165) is 50.7 Å². The van der Waals surface area contributed by atoms with E-state index in [1.165, 1.54) is 12.1 Å². The highest BCUT2D eigenvalue weighted by Gasteiger charge is 2.43. The lowest BCUT2D eigenvalue weighted by atomic mass is 10.1. The van der Waals surface area contributed by atoms with Crippen LogP contribution in [0.25, 0.3) is 11.2 Å². The molecular weight excluding hydrogens is 577 g/mol. The normalized spacial score (nSPS) is 22.5. The Hall–Kier alpha value is -3.93. The molecule has 3 atom stereocenters. The Morgan fingerprint density at radius 3 is 2.63 bits per heavy atom. The molecule has 0 spiro atoms. The molecule has 1 N–H and O–H groups in total. The number of benzene rings is 2. The largest absolute Gasteiger partial charge is 0.477 e. The third-order valence-electron chi connectivity index (χ3n) is 8.58. The van der Waals surface area contributed by atoms with Crippen LogP contribution in [0.4, 0.5) is 10.1 Å². The second-order valence-electron chi connectivity index (χ2n) is 11.3. The molecule has 2 fully saturated rings. The van der Waals surface area contributed by atoms with Crippen molar-refractivity contribution in [1.82, 2.24) is 19.4 Å². The van der Waals surface area contributed by atoms with Gasteiger partial charge in [0.2, 0.25) is 0 Å². The zero-order chi connectivity index (χ0) is 29.9. The number of pyridine rings is 1. The number of aromatic nitrogens is 3. The summed E-state index contributed by atoms with van der Waals surface area (Å²) in [4.78, 5) is 25.6. The van der Waals surface area contributed by atoms with Crippen molar-refractivity contribution in [2.24, 2.45) is 0 Å². The number of piperazine rings is 1. The number of ether oxygens (including phenoxy) is 3. The summed E-state index contributed by atoms with van der Waals surface area (Å²) in [5.41, 5.74) is 2.39. The smallest absolute Gasteiger partial charge is 0.354 e. The van der Waals surface area contributed by atoms with E-state index in [1.807, 2.05) is 22.8 Å². The Morgan fingerprint density at radius 2 is 1.93 bits per heavy atom. The van der Waals surface area contributed by atoms with Crippen LogP contribution in [-0.4, -0.2) is 69.4 Å². The monoisotopic (exact) mass is 607 g/mol. The van der Waals surface area contributed by atoms with Gasteiger partial charge in [-0.1, -0.05) is 17.7 Å². The fourth-order valence-electron chi connectivity index (χ4n) is 6.11. The van der Waals surface area contributed by atoms with Gasteiger partial charge in [0.1, 0.15) is 17.2 Å². The van der Waals surface area contributed by atoms with E-state index in [9.17, 15) is 14.3 Å². The first-order chi connectivity index (χ1) is 20.7. The molecule has 3 aliphatic heterocycles. The van der Waals surface area contributed by atoms with Crippen LogP contribution in [0.15, 0.2) is 48.5 Å². The number of carboxylic acids is 1. The zero-order valence-electron chi connectivity index (χ0n) is 23.8. The maximum absolute atomic E-state index is 14.8. The van der Waals surface area contributed by atoms with Gasteiger partial charge in [-0.25, -0.2) is 19.2 Å². The lowest BCUT2D eigenvalue weighted by molar-refractivity contribution is -0.0705. The lowest BCUT2D eigenvalue weighted by Crippen LogP contribution is -2.47. The molecular formula is C31H31ClFN5O5. The van der Waals surface area contributed by atoms with Crippen molar-refractivity contribution in [3.05, 3.63) is 76.5 Å². The number of imidazole rings is 1. The van der Waals surface area contributed by atoms with E-state index >= 15 is 0 Å². The third kappa shape index (κ3) is 4.95. The fourth-order valence-corrected chi connectivity index (χ4v) is 6.27. The topological polar surface area (TPSA) is 102 Å². The molecule has 0 aliphatic carbocycles. The van der Waals surface area contributed by atoms with Gasteiger partial charge in [0.15, 0.2) is 22.8 Å². The molecule has 4 aromatic rings. The summed E-state index contributed by atoms with van der Waals surface area (Å²) in [6.07, 6.45) is 1.01. The van der Waals surface area contributed by atoms with Gasteiger partial charge in [-0.05, 0) is 55.8 Å². The minimum atomic E-state index is -1.32. The summed E-state index contributed by atoms with van der Waals surface area (Å²) < 4.78 is 35.0. The second-order valence-corrected chi connectivity index (χ2v) is 11.7. The minimum absolute atomic E-state index is 0.00696. The summed E-state index contributed by atoms with van der Waals surface area (Å²) in [7, 11) is 0. The van der Waals surface area contributed by atoms with Crippen molar-refractivity contribution in [3.63, 3.8) is 0 Å². The number of fused-ring (bicyclic) bond motifs is 2. The number of hydrogen-bond donors (Lipinski definition) is 1. The average Bonchev–Trinajstić information content (AvgIpc) is 3.51. The lowest BCUT2D eigenvalue weighted by Gasteiger charge is -2.39. The number of halogens is 2. The van der Waals surface area contributed by atoms with Crippen LogP contribution in [0, 0.1) is 5.82 Å². The van der Waals surface area contributed by atoms with Gasteiger partial charge in [0.25, 0.3) is 5.79 Å². The molecule has 224 valence electrons. The zero-order valence-corrected chi connectivity index (χ0v) is 24.6. The molecule has 3 aliphatic rings. The summed E-state index contributed by atoms with van der Waals surface area (Å²) in [6, 6.07) is 13.4. The van der Waals surface area contributed by atoms with Crippen molar-refractivity contribution < 1.29 is 28.5 Å². The number of rotatable bonds is 7. The first-order valence-corrected chi connectivity index (χ1v) is 14.8. The van der Waals surface area contributed by atoms with Crippen LogP contribution in [0.5, 0.6) is 11.5 Å². The predicted octanol–water partition coefficient (Wildman–Crippen LogP) is 5.24. The molecule has 0 bridgehead atoms. The van der Waals surface area contributed by atoms with Crippen molar-refractivity contribution in [2.45, 2.75) is 44.7 Å². The molecule has 2 saturated heterocycles. The van der Waals surface area contributed by atoms with Gasteiger partial charge in [-0.15, -0.1) is 0 Å². The molecule has 0 radical (unpaired) electrons. The summed E-state index contributed by atoms with van der Waals surface area (Å²) in [5.74, 6) is -0.890. The van der Waals surface area contributed by atoms with Crippen LogP contribution in [0.2, 0.25) is 5.02 Å². The van der Waals surface area contributed by atoms with Crippen LogP contribution in [0.3, 0.4) is 0 Å². The van der Waals surface area contributed by atoms with Crippen molar-refractivity contribution in [1.29, 1.82) is 0 Å². The van der Waals surface area contributed by atoms with Gasteiger partial charge in [-0.2, -0.15) is 0 Å². The first kappa shape index (κ1) is 27.9. The maximum Gasteiger partial charge on any atom is 0.354 e. The molecule has 10 nitrogen and oxygen atoms in total. The summed E-state index contributed by atoms with van der Waals surface area (Å²) in [5, 5.41) is 9.82. The van der Waals surface area contributed by atoms with Gasteiger partial charge in [0.05, 0.1) is 29.9 Å². The van der Waals surface area contributed by atoms with Crippen molar-refractivity contribution in [2.75, 3.05) is 37.7 Å².